The van der Waals surface area contributed by atoms with Crippen LogP contribution in [0.25, 0.3) is 5.65 Å². The molecule has 0 aromatic carbocycles. The first-order valence-electron chi connectivity index (χ1n) is 10.5. The summed E-state index contributed by atoms with van der Waals surface area (Å²) < 4.78 is 4.99. The van der Waals surface area contributed by atoms with Gasteiger partial charge in [0.15, 0.2) is 11.6 Å². The van der Waals surface area contributed by atoms with Crippen LogP contribution in [0.2, 0.25) is 0 Å². The number of aromatic nitrogens is 8. The Labute approximate surface area is 184 Å². The van der Waals surface area contributed by atoms with E-state index in [1.807, 2.05) is 25.5 Å². The van der Waals surface area contributed by atoms with E-state index in [1.54, 1.807) is 23.8 Å². The lowest BCUT2D eigenvalue weighted by molar-refractivity contribution is -0.118. The van der Waals surface area contributed by atoms with E-state index in [0.717, 1.165) is 12.8 Å². The second-order valence-corrected chi connectivity index (χ2v) is 9.14. The fourth-order valence-corrected chi connectivity index (χ4v) is 4.07. The van der Waals surface area contributed by atoms with Gasteiger partial charge in [-0.3, -0.25) is 19.3 Å². The van der Waals surface area contributed by atoms with Crippen molar-refractivity contribution in [2.45, 2.75) is 63.7 Å². The summed E-state index contributed by atoms with van der Waals surface area (Å²) in [6, 6.07) is 0.281. The van der Waals surface area contributed by atoms with Crippen molar-refractivity contribution < 1.29 is 4.79 Å². The van der Waals surface area contributed by atoms with Crippen LogP contribution in [0, 0.1) is 0 Å². The Hall–Kier alpha value is -3.41. The van der Waals surface area contributed by atoms with Gasteiger partial charge in [0, 0.05) is 25.0 Å². The molecule has 4 rings (SSSR count). The van der Waals surface area contributed by atoms with Crippen molar-refractivity contribution in [3.63, 3.8) is 0 Å². The molecule has 170 valence electrons. The first-order chi connectivity index (χ1) is 15.1. The Kier molecular flexibility index (Phi) is 5.41. The molecule has 3 aromatic rings. The maximum atomic E-state index is 12.3. The highest BCUT2D eigenvalue weighted by atomic mass is 16.1. The van der Waals surface area contributed by atoms with Crippen LogP contribution in [0.15, 0.2) is 29.8 Å². The zero-order valence-corrected chi connectivity index (χ0v) is 18.7. The molecule has 1 unspecified atom stereocenters. The van der Waals surface area contributed by atoms with E-state index in [2.05, 4.69) is 42.9 Å². The van der Waals surface area contributed by atoms with Crippen LogP contribution in [0.5, 0.6) is 0 Å². The number of nitrogens with one attached hydrogen (secondary N) is 2. The Bertz CT molecular complexity index is 1220. The molecule has 1 fully saturated rings. The molecule has 2 N–H and O–H groups in total. The number of hydrogen-bond acceptors (Lipinski definition) is 8. The SMILES string of the molecule is C=CC(=O)NC(C)(C)CC(C)(NCc1nnc2c(=O)n(C)ccn12)c1nnnn1C1CC1. The van der Waals surface area contributed by atoms with Gasteiger partial charge in [0.2, 0.25) is 11.6 Å². The van der Waals surface area contributed by atoms with Crippen LogP contribution in [0.1, 0.15) is 57.7 Å². The molecule has 1 amide bonds. The highest BCUT2D eigenvalue weighted by Gasteiger charge is 2.41. The van der Waals surface area contributed by atoms with Crippen molar-refractivity contribution in [2.24, 2.45) is 7.05 Å². The molecule has 0 aliphatic heterocycles. The maximum absolute atomic E-state index is 12.3. The third kappa shape index (κ3) is 4.17. The summed E-state index contributed by atoms with van der Waals surface area (Å²) in [6.07, 6.45) is 7.23. The van der Waals surface area contributed by atoms with Gasteiger partial charge in [-0.05, 0) is 56.5 Å². The first-order valence-corrected chi connectivity index (χ1v) is 10.5. The number of carbonyl (C=O) groups is 1. The fourth-order valence-electron chi connectivity index (χ4n) is 4.07. The Balaban J connectivity index is 1.66. The highest BCUT2D eigenvalue weighted by molar-refractivity contribution is 5.87. The summed E-state index contributed by atoms with van der Waals surface area (Å²) in [5.41, 5.74) is -1.26. The topological polar surface area (TPSA) is 137 Å². The van der Waals surface area contributed by atoms with Crippen LogP contribution in [-0.4, -0.2) is 50.8 Å². The van der Waals surface area contributed by atoms with Crippen molar-refractivity contribution in [3.8, 4) is 0 Å². The first kappa shape index (κ1) is 21.8. The lowest BCUT2D eigenvalue weighted by Crippen LogP contribution is -2.52. The third-order valence-corrected chi connectivity index (χ3v) is 5.68. The predicted molar refractivity (Wildman–Crippen MR) is 116 cm³/mol. The summed E-state index contributed by atoms with van der Waals surface area (Å²) in [6.45, 7) is 9.74. The zero-order valence-electron chi connectivity index (χ0n) is 18.7. The van der Waals surface area contributed by atoms with E-state index in [9.17, 15) is 9.59 Å². The normalized spacial score (nSPS) is 16.1. The number of amides is 1. The average Bonchev–Trinajstić information content (AvgIpc) is 3.30. The Morgan fingerprint density at radius 2 is 2.00 bits per heavy atom. The second-order valence-electron chi connectivity index (χ2n) is 9.14. The molecule has 1 saturated carbocycles. The van der Waals surface area contributed by atoms with Crippen LogP contribution in [-0.2, 0) is 23.9 Å². The largest absolute Gasteiger partial charge is 0.348 e. The molecule has 1 aliphatic carbocycles. The molecule has 3 aromatic heterocycles. The molecule has 0 bridgehead atoms. The fraction of sp³-hybridized carbons (Fsp3) is 0.550. The van der Waals surface area contributed by atoms with Gasteiger partial charge >= 0.3 is 0 Å². The molecule has 0 radical (unpaired) electrons. The number of nitrogens with zero attached hydrogens (tertiary/aromatic N) is 8. The number of fused-ring (bicyclic) bond motifs is 1. The minimum absolute atomic E-state index is 0.222. The van der Waals surface area contributed by atoms with Crippen molar-refractivity contribution >= 4 is 11.6 Å². The van der Waals surface area contributed by atoms with E-state index in [0.29, 0.717) is 24.6 Å². The minimum Gasteiger partial charge on any atom is -0.348 e. The van der Waals surface area contributed by atoms with Crippen molar-refractivity contribution in [3.05, 3.63) is 47.1 Å². The number of tetrazole rings is 1. The Morgan fingerprint density at radius 1 is 1.25 bits per heavy atom. The van der Waals surface area contributed by atoms with Crippen LogP contribution in [0.4, 0.5) is 0 Å². The maximum Gasteiger partial charge on any atom is 0.295 e. The quantitative estimate of drug-likeness (QED) is 0.451. The average molecular weight is 441 g/mol. The molecule has 1 aliphatic rings. The molecule has 12 heteroatoms. The van der Waals surface area contributed by atoms with Gasteiger partial charge in [0.1, 0.15) is 0 Å². The van der Waals surface area contributed by atoms with Gasteiger partial charge in [-0.25, -0.2) is 4.68 Å². The monoisotopic (exact) mass is 440 g/mol. The molecule has 32 heavy (non-hydrogen) atoms. The van der Waals surface area contributed by atoms with Gasteiger partial charge in [-0.1, -0.05) is 6.58 Å². The van der Waals surface area contributed by atoms with E-state index in [1.165, 1.54) is 10.6 Å². The molecular weight excluding hydrogens is 412 g/mol. The van der Waals surface area contributed by atoms with Gasteiger partial charge in [0.25, 0.3) is 5.56 Å². The number of hydrogen-bond donors (Lipinski definition) is 2. The summed E-state index contributed by atoms with van der Waals surface area (Å²) in [4.78, 5) is 24.3. The van der Waals surface area contributed by atoms with E-state index in [-0.39, 0.29) is 23.2 Å². The van der Waals surface area contributed by atoms with Gasteiger partial charge in [0.05, 0.1) is 18.1 Å². The molecule has 1 atom stereocenters. The predicted octanol–water partition coefficient (Wildman–Crippen LogP) is 0.225. The third-order valence-electron chi connectivity index (χ3n) is 5.68. The van der Waals surface area contributed by atoms with Crippen molar-refractivity contribution in [1.29, 1.82) is 0 Å². The van der Waals surface area contributed by atoms with E-state index < -0.39 is 11.1 Å². The summed E-state index contributed by atoms with van der Waals surface area (Å²) in [5.74, 6) is 1.02. The molecule has 0 spiro atoms. The highest BCUT2D eigenvalue weighted by Crippen LogP contribution is 2.38. The number of aryl methyl sites for hydroxylation is 1. The van der Waals surface area contributed by atoms with Crippen molar-refractivity contribution in [1.82, 2.24) is 50.0 Å². The summed E-state index contributed by atoms with van der Waals surface area (Å²) in [5, 5.41) is 27.2. The number of carbonyl (C=O) groups excluding carboxylic acids is 1. The Morgan fingerprint density at radius 3 is 2.69 bits per heavy atom. The van der Waals surface area contributed by atoms with E-state index >= 15 is 0 Å². The van der Waals surface area contributed by atoms with Crippen LogP contribution < -0.4 is 16.2 Å². The standard InChI is InChI=1S/C20H28N10O2/c1-6-15(31)22-19(2,3)12-20(4,18-25-26-27-30(18)13-7-8-13)21-11-14-23-24-16-17(32)28(5)9-10-29(14)16/h6,9-10,13,21H,1,7-8,11-12H2,2-5H3,(H,22,31). The van der Waals surface area contributed by atoms with Gasteiger partial charge in [-0.2, -0.15) is 0 Å². The second kappa shape index (κ2) is 7.93. The molecule has 3 heterocycles. The van der Waals surface area contributed by atoms with Crippen LogP contribution >= 0.6 is 0 Å². The molecule has 0 saturated heterocycles. The molecular formula is C20H28N10O2. The zero-order chi connectivity index (χ0) is 23.1. The van der Waals surface area contributed by atoms with Gasteiger partial charge < -0.3 is 9.88 Å². The van der Waals surface area contributed by atoms with Gasteiger partial charge in [-0.15, -0.1) is 15.3 Å². The minimum atomic E-state index is -0.713. The van der Waals surface area contributed by atoms with E-state index in [4.69, 9.17) is 0 Å². The summed E-state index contributed by atoms with van der Waals surface area (Å²) in [7, 11) is 1.67. The number of rotatable bonds is 9. The van der Waals surface area contributed by atoms with Crippen molar-refractivity contribution in [2.75, 3.05) is 0 Å². The lowest BCUT2D eigenvalue weighted by atomic mass is 9.84. The smallest absolute Gasteiger partial charge is 0.295 e. The van der Waals surface area contributed by atoms with Crippen LogP contribution in [0.3, 0.4) is 0 Å². The molecule has 12 nitrogen and oxygen atoms in total. The summed E-state index contributed by atoms with van der Waals surface area (Å²) >= 11 is 0. The lowest BCUT2D eigenvalue weighted by Gasteiger charge is -2.37.